The third-order valence-electron chi connectivity index (χ3n) is 6.09. The highest BCUT2D eigenvalue weighted by Gasteiger charge is 2.49. The normalized spacial score (nSPS) is 25.2. The Labute approximate surface area is 192 Å². The molecule has 2 aliphatic heterocycles. The Hall–Kier alpha value is -2.07. The molecule has 0 spiro atoms. The molecule has 1 aromatic carbocycles. The summed E-state index contributed by atoms with van der Waals surface area (Å²) < 4.78 is 30.8. The summed E-state index contributed by atoms with van der Waals surface area (Å²) in [6.07, 6.45) is 4.42. The van der Waals surface area contributed by atoms with Gasteiger partial charge in [-0.05, 0) is 49.4 Å². The quantitative estimate of drug-likeness (QED) is 0.478. The Kier molecular flexibility index (Phi) is 7.09. The van der Waals surface area contributed by atoms with Gasteiger partial charge >= 0.3 is 0 Å². The molecule has 9 heteroatoms. The first-order chi connectivity index (χ1) is 15.4. The van der Waals surface area contributed by atoms with Crippen molar-refractivity contribution in [1.82, 2.24) is 5.48 Å². The average Bonchev–Trinajstić information content (AvgIpc) is 3.31. The lowest BCUT2D eigenvalue weighted by Gasteiger charge is -2.35. The zero-order valence-electron chi connectivity index (χ0n) is 17.7. The zero-order chi connectivity index (χ0) is 22.6. The minimum absolute atomic E-state index is 0.0563. The van der Waals surface area contributed by atoms with Crippen molar-refractivity contribution in [2.75, 3.05) is 12.4 Å². The number of carbonyl (C=O) groups excluding carboxylic acids is 2. The Morgan fingerprint density at radius 1 is 1.22 bits per heavy atom. The molecule has 172 valence electrons. The second-order valence-electron chi connectivity index (χ2n) is 8.29. The molecule has 4 rings (SSSR count). The van der Waals surface area contributed by atoms with E-state index in [0.717, 1.165) is 36.0 Å². The first-order valence-electron chi connectivity index (χ1n) is 10.9. The van der Waals surface area contributed by atoms with Crippen LogP contribution in [0.25, 0.3) is 10.4 Å². The van der Waals surface area contributed by atoms with Crippen LogP contribution in [-0.2, 0) is 29.0 Å². The Morgan fingerprint density at radius 3 is 2.84 bits per heavy atom. The Balaban J connectivity index is 1.59. The van der Waals surface area contributed by atoms with Crippen LogP contribution in [0.2, 0.25) is 0 Å². The van der Waals surface area contributed by atoms with Crippen LogP contribution in [0.4, 0.5) is 0 Å². The van der Waals surface area contributed by atoms with Gasteiger partial charge in [0.15, 0.2) is 16.1 Å². The average molecular weight is 478 g/mol. The second-order valence-corrected chi connectivity index (χ2v) is 11.8. The molecule has 2 atom stereocenters. The van der Waals surface area contributed by atoms with Crippen molar-refractivity contribution < 1.29 is 27.6 Å². The van der Waals surface area contributed by atoms with Crippen LogP contribution in [0.1, 0.15) is 60.2 Å². The molecule has 2 aromatic rings. The number of hydroxylamine groups is 1. The topological polar surface area (TPSA) is 98.8 Å². The number of hydrogen-bond acceptors (Lipinski definition) is 7. The molecule has 2 fully saturated rings. The van der Waals surface area contributed by atoms with Crippen LogP contribution in [-0.4, -0.2) is 39.3 Å². The van der Waals surface area contributed by atoms with E-state index in [1.165, 1.54) is 11.3 Å². The van der Waals surface area contributed by atoms with E-state index in [1.807, 2.05) is 12.1 Å². The molecule has 1 N–H and O–H groups in total. The predicted octanol–water partition coefficient (Wildman–Crippen LogP) is 3.99. The molecule has 7 nitrogen and oxygen atoms in total. The number of benzene rings is 1. The molecule has 1 unspecified atom stereocenters. The lowest BCUT2D eigenvalue weighted by atomic mass is 9.94. The highest BCUT2D eigenvalue weighted by molar-refractivity contribution is 7.92. The molecule has 0 saturated carbocycles. The fourth-order valence-corrected chi connectivity index (χ4v) is 8.13. The number of amides is 1. The van der Waals surface area contributed by atoms with E-state index in [1.54, 1.807) is 24.3 Å². The Bertz CT molecular complexity index is 1070. The van der Waals surface area contributed by atoms with Gasteiger partial charge in [0.1, 0.15) is 11.0 Å². The summed E-state index contributed by atoms with van der Waals surface area (Å²) in [6.45, 7) is 0.585. The monoisotopic (exact) mass is 477 g/mol. The van der Waals surface area contributed by atoms with Crippen molar-refractivity contribution >= 4 is 33.4 Å². The number of ether oxygens (including phenoxy) is 1. The molecular formula is C23H27NO6S2. The third-order valence-corrected chi connectivity index (χ3v) is 10.1. The zero-order valence-corrected chi connectivity index (χ0v) is 19.4. The first kappa shape index (κ1) is 23.1. The number of nitrogens with one attached hydrogen (secondary N) is 1. The summed E-state index contributed by atoms with van der Waals surface area (Å²) >= 11 is 1.36. The van der Waals surface area contributed by atoms with Crippen molar-refractivity contribution in [2.45, 2.75) is 56.0 Å². The van der Waals surface area contributed by atoms with Crippen LogP contribution in [0.5, 0.6) is 0 Å². The van der Waals surface area contributed by atoms with Crippen LogP contribution >= 0.6 is 11.3 Å². The molecule has 1 aromatic heterocycles. The number of carbonyl (C=O) groups is 2. The van der Waals surface area contributed by atoms with Gasteiger partial charge in [0.25, 0.3) is 0 Å². The number of sulfone groups is 1. The fourth-order valence-electron chi connectivity index (χ4n) is 4.35. The number of aldehydes is 1. The molecule has 32 heavy (non-hydrogen) atoms. The molecule has 0 radical (unpaired) electrons. The highest BCUT2D eigenvalue weighted by atomic mass is 32.2. The maximum atomic E-state index is 13.3. The van der Waals surface area contributed by atoms with E-state index in [-0.39, 0.29) is 12.2 Å². The molecular weight excluding hydrogens is 450 g/mol. The smallest absolute Gasteiger partial charge is 0.245 e. The van der Waals surface area contributed by atoms with Crippen LogP contribution < -0.4 is 5.48 Å². The second kappa shape index (κ2) is 9.82. The van der Waals surface area contributed by atoms with E-state index >= 15 is 0 Å². The minimum atomic E-state index is -3.55. The van der Waals surface area contributed by atoms with E-state index in [9.17, 15) is 18.0 Å². The van der Waals surface area contributed by atoms with Gasteiger partial charge < -0.3 is 4.74 Å². The first-order valence-corrected chi connectivity index (χ1v) is 13.3. The molecule has 2 aliphatic rings. The van der Waals surface area contributed by atoms with Crippen molar-refractivity contribution in [1.29, 1.82) is 0 Å². The van der Waals surface area contributed by atoms with Crippen LogP contribution in [0.15, 0.2) is 36.4 Å². The predicted molar refractivity (Wildman–Crippen MR) is 122 cm³/mol. The largest absolute Gasteiger partial charge is 0.350 e. The molecule has 0 bridgehead atoms. The van der Waals surface area contributed by atoms with Gasteiger partial charge in [0.05, 0.1) is 12.2 Å². The molecule has 3 heterocycles. The third kappa shape index (κ3) is 4.80. The van der Waals surface area contributed by atoms with E-state index < -0.39 is 26.8 Å². The molecule has 1 amide bonds. The lowest BCUT2D eigenvalue weighted by molar-refractivity contribution is -0.200. The maximum Gasteiger partial charge on any atom is 0.245 e. The van der Waals surface area contributed by atoms with Crippen molar-refractivity contribution in [2.24, 2.45) is 0 Å². The van der Waals surface area contributed by atoms with Gasteiger partial charge in [0, 0.05) is 28.3 Å². The molecule has 2 saturated heterocycles. The summed E-state index contributed by atoms with van der Waals surface area (Å²) in [5.74, 6) is -0.414. The summed E-state index contributed by atoms with van der Waals surface area (Å²) in [4.78, 5) is 30.8. The van der Waals surface area contributed by atoms with Gasteiger partial charge in [-0.2, -0.15) is 0 Å². The Morgan fingerprint density at radius 2 is 2.09 bits per heavy atom. The summed E-state index contributed by atoms with van der Waals surface area (Å²) in [5.41, 5.74) is 3.82. The minimum Gasteiger partial charge on any atom is -0.350 e. The van der Waals surface area contributed by atoms with Gasteiger partial charge in [-0.25, -0.2) is 18.7 Å². The van der Waals surface area contributed by atoms with Crippen molar-refractivity contribution in [3.8, 4) is 10.4 Å². The van der Waals surface area contributed by atoms with Gasteiger partial charge in [-0.3, -0.25) is 9.59 Å². The standard InChI is InChI=1S/C23H27NO6S2/c25-16-17-6-5-7-18(14-17)19-9-10-20(31-19)23(11-2-4-13-32(23,27)28)15-21(26)24-30-22-8-1-3-12-29-22/h5-7,9-10,14,16,22H,1-4,8,11-13,15H2,(H,24,26)/t22?,23-/m0/s1. The fraction of sp³-hybridized carbons (Fsp3) is 0.478. The number of hydrogen-bond donors (Lipinski definition) is 1. The summed E-state index contributed by atoms with van der Waals surface area (Å²) in [6, 6.07) is 10.8. The molecule has 0 aliphatic carbocycles. The van der Waals surface area contributed by atoms with Gasteiger partial charge in [0.2, 0.25) is 5.91 Å². The number of thiophene rings is 1. The maximum absolute atomic E-state index is 13.3. The van der Waals surface area contributed by atoms with Crippen molar-refractivity contribution in [3.63, 3.8) is 0 Å². The van der Waals surface area contributed by atoms with Gasteiger partial charge in [-0.1, -0.05) is 24.6 Å². The van der Waals surface area contributed by atoms with Crippen LogP contribution in [0.3, 0.4) is 0 Å². The number of rotatable bonds is 7. The van der Waals surface area contributed by atoms with Crippen LogP contribution in [0, 0.1) is 0 Å². The van der Waals surface area contributed by atoms with E-state index in [2.05, 4.69) is 5.48 Å². The lowest BCUT2D eigenvalue weighted by Crippen LogP contribution is -2.45. The highest BCUT2D eigenvalue weighted by Crippen LogP contribution is 2.47. The van der Waals surface area contributed by atoms with E-state index in [4.69, 9.17) is 9.57 Å². The summed E-state index contributed by atoms with van der Waals surface area (Å²) in [5, 5.41) is 0. The SMILES string of the molecule is O=Cc1cccc(-c2ccc([C@@]3(CC(=O)NOC4CCCCO4)CCCCS3(=O)=O)s2)c1. The summed E-state index contributed by atoms with van der Waals surface area (Å²) in [7, 11) is -3.55. The van der Waals surface area contributed by atoms with Gasteiger partial charge in [-0.15, -0.1) is 11.3 Å². The van der Waals surface area contributed by atoms with E-state index in [0.29, 0.717) is 36.3 Å². The van der Waals surface area contributed by atoms with Crippen molar-refractivity contribution in [3.05, 3.63) is 46.8 Å².